The Balaban J connectivity index is 1.25. The van der Waals surface area contributed by atoms with Crippen molar-refractivity contribution in [3.05, 3.63) is 182 Å². The normalized spacial score (nSPS) is 11.7. The number of benzene rings is 8. The molecule has 2 nitrogen and oxygen atoms in total. The van der Waals surface area contributed by atoms with Gasteiger partial charge in [0.25, 0.3) is 0 Å². The van der Waals surface area contributed by atoms with Crippen LogP contribution in [0.25, 0.3) is 69.6 Å². The highest BCUT2D eigenvalue weighted by atomic mass is 32.1. The summed E-state index contributed by atoms with van der Waals surface area (Å²) < 4.78 is 5.04. The Morgan fingerprint density at radius 1 is 0.388 bits per heavy atom. The molecule has 0 saturated carbocycles. The molecule has 2 heterocycles. The molecule has 10 aromatic rings. The third-order valence-electron chi connectivity index (χ3n) is 9.76. The molecule has 0 spiro atoms. The van der Waals surface area contributed by atoms with Gasteiger partial charge in [-0.3, -0.25) is 0 Å². The van der Waals surface area contributed by atoms with E-state index in [1.807, 2.05) is 11.3 Å². The zero-order valence-corrected chi connectivity index (χ0v) is 27.4. The van der Waals surface area contributed by atoms with E-state index in [1.54, 1.807) is 0 Å². The van der Waals surface area contributed by atoms with E-state index in [4.69, 9.17) is 0 Å². The number of anilines is 3. The molecule has 10 rings (SSSR count). The highest BCUT2D eigenvalue weighted by Gasteiger charge is 2.20. The van der Waals surface area contributed by atoms with Gasteiger partial charge >= 0.3 is 0 Å². The van der Waals surface area contributed by atoms with E-state index in [2.05, 4.69) is 191 Å². The first kappa shape index (κ1) is 27.9. The standard InChI is InChI=1S/C46H30N2S/c1-3-15-32(16-4-1)47(35-25-27-39-38-20-9-10-24-44(38)49-45(39)30-35)34-26-28-41-43(29-34)48(33-17-5-2-6-18-33)42-23-12-22-40(46(41)42)37-21-11-14-31-13-7-8-19-36(31)37/h1-30H. The first-order chi connectivity index (χ1) is 24.3. The smallest absolute Gasteiger partial charge is 0.0562 e. The third-order valence-corrected chi connectivity index (χ3v) is 10.9. The Bertz CT molecular complexity index is 2820. The second-order valence-electron chi connectivity index (χ2n) is 12.5. The van der Waals surface area contributed by atoms with Gasteiger partial charge in [0, 0.05) is 53.7 Å². The van der Waals surface area contributed by atoms with Crippen LogP contribution < -0.4 is 4.90 Å². The van der Waals surface area contributed by atoms with Crippen molar-refractivity contribution in [3.63, 3.8) is 0 Å². The summed E-state index contributed by atoms with van der Waals surface area (Å²) >= 11 is 1.86. The Kier molecular flexibility index (Phi) is 6.39. The molecule has 0 unspecified atom stereocenters. The summed E-state index contributed by atoms with van der Waals surface area (Å²) in [6.45, 7) is 0. The van der Waals surface area contributed by atoms with Gasteiger partial charge < -0.3 is 9.47 Å². The molecule has 0 bridgehead atoms. The number of para-hydroxylation sites is 2. The molecular weight excluding hydrogens is 613 g/mol. The molecule has 0 aliphatic heterocycles. The summed E-state index contributed by atoms with van der Waals surface area (Å²) in [4.78, 5) is 2.39. The maximum absolute atomic E-state index is 2.43. The number of fused-ring (bicyclic) bond motifs is 7. The van der Waals surface area contributed by atoms with Gasteiger partial charge in [-0.2, -0.15) is 0 Å². The Morgan fingerprint density at radius 3 is 1.88 bits per heavy atom. The molecule has 0 amide bonds. The van der Waals surface area contributed by atoms with E-state index in [0.717, 1.165) is 22.7 Å². The fraction of sp³-hybridized carbons (Fsp3) is 0. The van der Waals surface area contributed by atoms with Crippen LogP contribution in [0.5, 0.6) is 0 Å². The van der Waals surface area contributed by atoms with Gasteiger partial charge in [0.2, 0.25) is 0 Å². The van der Waals surface area contributed by atoms with Gasteiger partial charge in [-0.05, 0) is 82.6 Å². The largest absolute Gasteiger partial charge is 0.310 e. The first-order valence-electron chi connectivity index (χ1n) is 16.7. The van der Waals surface area contributed by atoms with E-state index in [0.29, 0.717) is 0 Å². The fourth-order valence-electron chi connectivity index (χ4n) is 7.61. The number of hydrogen-bond acceptors (Lipinski definition) is 2. The van der Waals surface area contributed by atoms with Crippen LogP contribution in [0, 0.1) is 0 Å². The molecule has 0 fully saturated rings. The van der Waals surface area contributed by atoms with Gasteiger partial charge in [0.1, 0.15) is 0 Å². The van der Waals surface area contributed by atoms with E-state index < -0.39 is 0 Å². The molecule has 0 atom stereocenters. The lowest BCUT2D eigenvalue weighted by Gasteiger charge is -2.26. The van der Waals surface area contributed by atoms with E-state index in [9.17, 15) is 0 Å². The van der Waals surface area contributed by atoms with Gasteiger partial charge in [-0.15, -0.1) is 11.3 Å². The molecule has 0 N–H and O–H groups in total. The molecule has 0 saturated heterocycles. The van der Waals surface area contributed by atoms with Crippen molar-refractivity contribution in [1.82, 2.24) is 4.57 Å². The minimum absolute atomic E-state index is 1.12. The van der Waals surface area contributed by atoms with Crippen molar-refractivity contribution in [1.29, 1.82) is 0 Å². The number of hydrogen-bond donors (Lipinski definition) is 0. The highest BCUT2D eigenvalue weighted by molar-refractivity contribution is 7.25. The summed E-state index contributed by atoms with van der Waals surface area (Å²) in [7, 11) is 0. The Morgan fingerprint density at radius 2 is 1.02 bits per heavy atom. The van der Waals surface area contributed by atoms with Gasteiger partial charge in [-0.1, -0.05) is 121 Å². The molecule has 0 aliphatic rings. The number of aromatic nitrogens is 1. The molecular formula is C46H30N2S. The molecule has 3 heteroatoms. The third kappa shape index (κ3) is 4.47. The summed E-state index contributed by atoms with van der Waals surface area (Å²) in [6, 6.07) is 66.2. The summed E-state index contributed by atoms with van der Waals surface area (Å²) in [5.41, 5.74) is 9.40. The van der Waals surface area contributed by atoms with Crippen LogP contribution in [-0.2, 0) is 0 Å². The van der Waals surface area contributed by atoms with Crippen LogP contribution in [0.1, 0.15) is 0 Å². The lowest BCUT2D eigenvalue weighted by molar-refractivity contribution is 1.18. The zero-order chi connectivity index (χ0) is 32.3. The van der Waals surface area contributed by atoms with Crippen molar-refractivity contribution in [3.8, 4) is 16.8 Å². The summed E-state index contributed by atoms with van der Waals surface area (Å²) in [6.07, 6.45) is 0. The number of thiophene rings is 1. The van der Waals surface area contributed by atoms with E-state index in [1.165, 1.54) is 63.9 Å². The molecule has 2 aromatic heterocycles. The maximum Gasteiger partial charge on any atom is 0.0562 e. The summed E-state index contributed by atoms with van der Waals surface area (Å²) in [5, 5.41) is 7.64. The molecule has 230 valence electrons. The highest BCUT2D eigenvalue weighted by Crippen LogP contribution is 2.45. The van der Waals surface area contributed by atoms with Crippen LogP contribution in [0.4, 0.5) is 17.1 Å². The van der Waals surface area contributed by atoms with Crippen molar-refractivity contribution in [2.45, 2.75) is 0 Å². The van der Waals surface area contributed by atoms with Gasteiger partial charge in [0.05, 0.1) is 11.0 Å². The quantitative estimate of drug-likeness (QED) is 0.181. The minimum atomic E-state index is 1.12. The Labute approximate surface area is 288 Å². The van der Waals surface area contributed by atoms with Gasteiger partial charge in [-0.25, -0.2) is 0 Å². The van der Waals surface area contributed by atoms with Crippen LogP contribution in [0.15, 0.2) is 182 Å². The second kappa shape index (κ2) is 11.2. The van der Waals surface area contributed by atoms with E-state index >= 15 is 0 Å². The average Bonchev–Trinajstić information content (AvgIpc) is 3.70. The summed E-state index contributed by atoms with van der Waals surface area (Å²) in [5.74, 6) is 0. The number of nitrogens with zero attached hydrogens (tertiary/aromatic N) is 2. The van der Waals surface area contributed by atoms with Crippen molar-refractivity contribution >= 4 is 81.1 Å². The average molecular weight is 643 g/mol. The molecule has 0 aliphatic carbocycles. The molecule has 49 heavy (non-hydrogen) atoms. The first-order valence-corrected chi connectivity index (χ1v) is 17.5. The minimum Gasteiger partial charge on any atom is -0.310 e. The lowest BCUT2D eigenvalue weighted by Crippen LogP contribution is -2.09. The lowest BCUT2D eigenvalue weighted by atomic mass is 9.94. The maximum atomic E-state index is 2.43. The predicted octanol–water partition coefficient (Wildman–Crippen LogP) is 13.4. The second-order valence-corrected chi connectivity index (χ2v) is 13.6. The van der Waals surface area contributed by atoms with Crippen molar-refractivity contribution in [2.24, 2.45) is 0 Å². The predicted molar refractivity (Wildman–Crippen MR) is 211 cm³/mol. The van der Waals surface area contributed by atoms with E-state index in [-0.39, 0.29) is 0 Å². The van der Waals surface area contributed by atoms with Crippen LogP contribution in [-0.4, -0.2) is 4.57 Å². The number of rotatable bonds is 5. The SMILES string of the molecule is c1ccc(N(c2ccc3c(c2)sc2ccccc23)c2ccc3c4c(-c5cccc6ccccc56)cccc4n(-c4ccccc4)c3c2)cc1. The van der Waals surface area contributed by atoms with Crippen LogP contribution >= 0.6 is 11.3 Å². The van der Waals surface area contributed by atoms with Gasteiger partial charge in [0.15, 0.2) is 0 Å². The molecule has 0 radical (unpaired) electrons. The fourth-order valence-corrected chi connectivity index (χ4v) is 8.75. The molecule has 8 aromatic carbocycles. The zero-order valence-electron chi connectivity index (χ0n) is 26.6. The van der Waals surface area contributed by atoms with Crippen molar-refractivity contribution < 1.29 is 0 Å². The Hall–Kier alpha value is -6.16. The van der Waals surface area contributed by atoms with Crippen molar-refractivity contribution in [2.75, 3.05) is 4.90 Å². The van der Waals surface area contributed by atoms with Crippen LogP contribution in [0.3, 0.4) is 0 Å². The monoisotopic (exact) mass is 642 g/mol. The van der Waals surface area contributed by atoms with Crippen LogP contribution in [0.2, 0.25) is 0 Å². The topological polar surface area (TPSA) is 8.17 Å².